The molecule has 27 heavy (non-hydrogen) atoms. The number of pyridine rings is 1. The van der Waals surface area contributed by atoms with Gasteiger partial charge in [-0.3, -0.25) is 9.20 Å². The number of aromatic nitrogens is 3. The average molecular weight is 405 g/mol. The molecule has 0 radical (unpaired) electrons. The van der Waals surface area contributed by atoms with Crippen LogP contribution in [0.15, 0.2) is 29.6 Å². The van der Waals surface area contributed by atoms with E-state index in [-0.39, 0.29) is 11.7 Å². The third kappa shape index (κ3) is 4.14. The molecule has 0 aliphatic carbocycles. The molecule has 0 aliphatic heterocycles. The summed E-state index contributed by atoms with van der Waals surface area (Å²) in [4.78, 5) is 25.8. The molecule has 1 amide bonds. The number of fused-ring (bicyclic) bond motifs is 1. The lowest BCUT2D eigenvalue weighted by molar-refractivity contribution is -0.113. The van der Waals surface area contributed by atoms with Crippen LogP contribution < -0.4 is 5.32 Å². The molecular formula is C18H20N4O3S2. The number of aryl methyl sites for hydroxylation is 1. The fraction of sp³-hybridized carbons (Fsp3) is 0.333. The number of carbonyl (C=O) groups is 2. The molecule has 9 heteroatoms. The van der Waals surface area contributed by atoms with Crippen molar-refractivity contribution >= 4 is 45.6 Å². The van der Waals surface area contributed by atoms with Crippen molar-refractivity contribution in [3.8, 4) is 0 Å². The average Bonchev–Trinajstić information content (AvgIpc) is 3.20. The molecule has 0 atom stereocenters. The molecular weight excluding hydrogens is 384 g/mol. The highest BCUT2D eigenvalue weighted by molar-refractivity contribution is 7.99. The molecule has 0 unspecified atom stereocenters. The van der Waals surface area contributed by atoms with Crippen molar-refractivity contribution in [3.63, 3.8) is 0 Å². The Labute approximate surface area is 165 Å². The number of esters is 1. The molecule has 3 aromatic heterocycles. The van der Waals surface area contributed by atoms with E-state index >= 15 is 0 Å². The summed E-state index contributed by atoms with van der Waals surface area (Å²) in [5, 5.41) is 12.2. The summed E-state index contributed by atoms with van der Waals surface area (Å²) in [5.74, 6) is -0.441. The largest absolute Gasteiger partial charge is 0.462 e. The second-order valence-electron chi connectivity index (χ2n) is 5.66. The minimum Gasteiger partial charge on any atom is -0.462 e. The Hall–Kier alpha value is -2.39. The standard InChI is InChI=1S/C18H20N4O3S2/c1-4-12-11(3)27-16(15(12)17(24)25-5-2)19-14(23)10-26-18-21-20-13-8-6-7-9-22(13)18/h6-9H,4-5,10H2,1-3H3,(H,19,23). The zero-order valence-corrected chi connectivity index (χ0v) is 16.9. The Morgan fingerprint density at radius 2 is 2.11 bits per heavy atom. The van der Waals surface area contributed by atoms with Crippen molar-refractivity contribution in [2.24, 2.45) is 0 Å². The van der Waals surface area contributed by atoms with Gasteiger partial charge in [0.25, 0.3) is 0 Å². The van der Waals surface area contributed by atoms with Crippen molar-refractivity contribution in [1.29, 1.82) is 0 Å². The monoisotopic (exact) mass is 404 g/mol. The Kier molecular flexibility index (Phi) is 6.12. The van der Waals surface area contributed by atoms with E-state index in [1.165, 1.54) is 23.1 Å². The van der Waals surface area contributed by atoms with Gasteiger partial charge in [0.1, 0.15) is 5.00 Å². The lowest BCUT2D eigenvalue weighted by atomic mass is 10.1. The first-order valence-corrected chi connectivity index (χ1v) is 10.4. The van der Waals surface area contributed by atoms with Gasteiger partial charge in [0.2, 0.25) is 5.91 Å². The quantitative estimate of drug-likeness (QED) is 0.479. The fourth-order valence-corrected chi connectivity index (χ4v) is 4.60. The smallest absolute Gasteiger partial charge is 0.341 e. The first-order valence-electron chi connectivity index (χ1n) is 8.56. The molecule has 1 N–H and O–H groups in total. The van der Waals surface area contributed by atoms with Gasteiger partial charge in [-0.15, -0.1) is 21.5 Å². The first kappa shape index (κ1) is 19.4. The molecule has 3 rings (SSSR count). The number of thioether (sulfide) groups is 1. The Bertz CT molecular complexity index is 980. The molecule has 3 heterocycles. The number of thiophene rings is 1. The van der Waals surface area contributed by atoms with Crippen LogP contribution in [0.25, 0.3) is 5.65 Å². The second-order valence-corrected chi connectivity index (χ2v) is 7.83. The number of anilines is 1. The van der Waals surface area contributed by atoms with Crippen LogP contribution in [-0.2, 0) is 16.0 Å². The predicted molar refractivity (Wildman–Crippen MR) is 107 cm³/mol. The number of nitrogens with one attached hydrogen (secondary N) is 1. The number of amides is 1. The molecule has 0 aromatic carbocycles. The maximum absolute atomic E-state index is 12.5. The van der Waals surface area contributed by atoms with Crippen LogP contribution in [0.2, 0.25) is 0 Å². The SMILES string of the molecule is CCOC(=O)c1c(NC(=O)CSc2nnc3ccccn23)sc(C)c1CC. The van der Waals surface area contributed by atoms with E-state index in [9.17, 15) is 9.59 Å². The van der Waals surface area contributed by atoms with Crippen LogP contribution in [-0.4, -0.2) is 38.8 Å². The fourth-order valence-electron chi connectivity index (χ4n) is 2.72. The molecule has 0 aliphatic rings. The van der Waals surface area contributed by atoms with Crippen LogP contribution in [0.3, 0.4) is 0 Å². The number of nitrogens with zero attached hydrogens (tertiary/aromatic N) is 3. The van der Waals surface area contributed by atoms with Gasteiger partial charge in [-0.1, -0.05) is 24.8 Å². The van der Waals surface area contributed by atoms with Gasteiger partial charge < -0.3 is 10.1 Å². The van der Waals surface area contributed by atoms with E-state index in [1.54, 1.807) is 6.92 Å². The van der Waals surface area contributed by atoms with Gasteiger partial charge in [0.05, 0.1) is 17.9 Å². The van der Waals surface area contributed by atoms with Gasteiger partial charge in [0, 0.05) is 11.1 Å². The predicted octanol–water partition coefficient (Wildman–Crippen LogP) is 3.57. The zero-order valence-electron chi connectivity index (χ0n) is 15.3. The lowest BCUT2D eigenvalue weighted by Gasteiger charge is -2.07. The normalized spacial score (nSPS) is 10.9. The summed E-state index contributed by atoms with van der Waals surface area (Å²) in [5.41, 5.74) is 2.12. The second kappa shape index (κ2) is 8.53. The Morgan fingerprint density at radius 1 is 1.30 bits per heavy atom. The van der Waals surface area contributed by atoms with Crippen LogP contribution in [0.4, 0.5) is 5.00 Å². The van der Waals surface area contributed by atoms with Crippen LogP contribution >= 0.6 is 23.1 Å². The van der Waals surface area contributed by atoms with Crippen molar-refractivity contribution in [2.75, 3.05) is 17.7 Å². The molecule has 3 aromatic rings. The summed E-state index contributed by atoms with van der Waals surface area (Å²) in [6.45, 7) is 5.98. The summed E-state index contributed by atoms with van der Waals surface area (Å²) in [6.07, 6.45) is 2.55. The highest BCUT2D eigenvalue weighted by Crippen LogP contribution is 2.34. The van der Waals surface area contributed by atoms with Crippen molar-refractivity contribution in [3.05, 3.63) is 40.4 Å². The van der Waals surface area contributed by atoms with E-state index in [1.807, 2.05) is 42.6 Å². The van der Waals surface area contributed by atoms with Crippen molar-refractivity contribution in [1.82, 2.24) is 14.6 Å². The van der Waals surface area contributed by atoms with Crippen LogP contribution in [0.5, 0.6) is 0 Å². The highest BCUT2D eigenvalue weighted by Gasteiger charge is 2.23. The molecule has 0 bridgehead atoms. The van der Waals surface area contributed by atoms with Crippen molar-refractivity contribution < 1.29 is 14.3 Å². The molecule has 7 nitrogen and oxygen atoms in total. The highest BCUT2D eigenvalue weighted by atomic mass is 32.2. The zero-order chi connectivity index (χ0) is 19.4. The molecule has 0 saturated heterocycles. The van der Waals surface area contributed by atoms with Gasteiger partial charge in [-0.05, 0) is 38.0 Å². The number of carbonyl (C=O) groups excluding carboxylic acids is 2. The van der Waals surface area contributed by atoms with Crippen LogP contribution in [0, 0.1) is 6.92 Å². The topological polar surface area (TPSA) is 85.6 Å². The van der Waals surface area contributed by atoms with Gasteiger partial charge >= 0.3 is 5.97 Å². The molecule has 0 fully saturated rings. The minimum atomic E-state index is -0.398. The van der Waals surface area contributed by atoms with E-state index < -0.39 is 5.97 Å². The lowest BCUT2D eigenvalue weighted by Crippen LogP contribution is -2.17. The maximum Gasteiger partial charge on any atom is 0.341 e. The minimum absolute atomic E-state index is 0.163. The number of hydrogen-bond acceptors (Lipinski definition) is 7. The number of rotatable bonds is 7. The van der Waals surface area contributed by atoms with Crippen molar-refractivity contribution in [2.45, 2.75) is 32.3 Å². The summed E-state index contributed by atoms with van der Waals surface area (Å²) >= 11 is 2.69. The van der Waals surface area contributed by atoms with E-state index in [4.69, 9.17) is 4.74 Å². The summed E-state index contributed by atoms with van der Waals surface area (Å²) < 4.78 is 6.99. The first-order chi connectivity index (χ1) is 13.0. The van der Waals surface area contributed by atoms with Gasteiger partial charge in [0.15, 0.2) is 10.8 Å². The number of hydrogen-bond donors (Lipinski definition) is 1. The summed E-state index contributed by atoms with van der Waals surface area (Å²) in [6, 6.07) is 5.61. The molecule has 0 spiro atoms. The van der Waals surface area contributed by atoms with Crippen LogP contribution in [0.1, 0.15) is 34.6 Å². The van der Waals surface area contributed by atoms with Gasteiger partial charge in [-0.25, -0.2) is 4.79 Å². The maximum atomic E-state index is 12.5. The Morgan fingerprint density at radius 3 is 2.85 bits per heavy atom. The molecule has 142 valence electrons. The van der Waals surface area contributed by atoms with Gasteiger partial charge in [-0.2, -0.15) is 0 Å². The van der Waals surface area contributed by atoms with E-state index in [0.29, 0.717) is 28.7 Å². The van der Waals surface area contributed by atoms with E-state index in [2.05, 4.69) is 15.5 Å². The molecule has 0 saturated carbocycles. The summed E-state index contributed by atoms with van der Waals surface area (Å²) in [7, 11) is 0. The van der Waals surface area contributed by atoms with E-state index in [0.717, 1.165) is 16.1 Å². The third-order valence-corrected chi connectivity index (χ3v) is 5.92. The Balaban J connectivity index is 1.73. The third-order valence-electron chi connectivity index (χ3n) is 3.91. The number of ether oxygens (including phenoxy) is 1.